The summed E-state index contributed by atoms with van der Waals surface area (Å²) in [7, 11) is 1.86. The van der Waals surface area contributed by atoms with Crippen molar-refractivity contribution in [3.05, 3.63) is 21.1 Å². The molecule has 0 amide bonds. The van der Waals surface area contributed by atoms with Crippen LogP contribution in [0.5, 0.6) is 0 Å². The molecule has 0 spiro atoms. The highest BCUT2D eigenvalue weighted by atomic mass is 32.1. The molecule has 0 aliphatic heterocycles. The Morgan fingerprint density at radius 2 is 1.94 bits per heavy atom. The Balaban J connectivity index is 3.17. The Morgan fingerprint density at radius 3 is 2.33 bits per heavy atom. The molecule has 1 heterocycles. The molecule has 0 aliphatic carbocycles. The van der Waals surface area contributed by atoms with Crippen molar-refractivity contribution < 1.29 is 10.0 Å². The molecule has 0 radical (unpaired) electrons. The zero-order valence-corrected chi connectivity index (χ0v) is 12.2. The Labute approximate surface area is 111 Å². The number of thiophene rings is 1. The Hall–Kier alpha value is -1.14. The van der Waals surface area contributed by atoms with E-state index in [0.717, 1.165) is 0 Å². The zero-order valence-electron chi connectivity index (χ0n) is 11.4. The molecule has 102 valence electrons. The van der Waals surface area contributed by atoms with Crippen LogP contribution in [0.2, 0.25) is 0 Å². The van der Waals surface area contributed by atoms with E-state index in [-0.39, 0.29) is 16.7 Å². The van der Waals surface area contributed by atoms with Crippen LogP contribution in [0.3, 0.4) is 0 Å². The molecule has 2 atom stereocenters. The lowest BCUT2D eigenvalue weighted by Gasteiger charge is -2.28. The van der Waals surface area contributed by atoms with Gasteiger partial charge >= 0.3 is 5.69 Å². The van der Waals surface area contributed by atoms with Gasteiger partial charge in [-0.05, 0) is 19.8 Å². The number of nitro groups is 1. The van der Waals surface area contributed by atoms with Crippen LogP contribution in [0.4, 0.5) is 10.7 Å². The molecule has 5 nitrogen and oxygen atoms in total. The Morgan fingerprint density at radius 1 is 1.39 bits per heavy atom. The van der Waals surface area contributed by atoms with E-state index >= 15 is 0 Å². The predicted octanol–water partition coefficient (Wildman–Crippen LogP) is 3.19. The van der Waals surface area contributed by atoms with E-state index in [2.05, 4.69) is 13.8 Å². The van der Waals surface area contributed by atoms with E-state index in [1.54, 1.807) is 6.92 Å². The topological polar surface area (TPSA) is 66.6 Å². The van der Waals surface area contributed by atoms with Gasteiger partial charge in [-0.1, -0.05) is 13.8 Å². The van der Waals surface area contributed by atoms with Crippen molar-refractivity contribution in [1.29, 1.82) is 0 Å². The molecule has 1 aromatic rings. The molecule has 0 saturated carbocycles. The summed E-state index contributed by atoms with van der Waals surface area (Å²) in [5, 5.41) is 21.2. The van der Waals surface area contributed by atoms with Crippen LogP contribution in [-0.4, -0.2) is 23.1 Å². The van der Waals surface area contributed by atoms with Gasteiger partial charge in [0.25, 0.3) is 0 Å². The highest BCUT2D eigenvalue weighted by molar-refractivity contribution is 7.16. The summed E-state index contributed by atoms with van der Waals surface area (Å²) in [6.45, 7) is 7.81. The van der Waals surface area contributed by atoms with E-state index in [1.807, 2.05) is 18.9 Å². The fourth-order valence-corrected chi connectivity index (χ4v) is 2.72. The molecule has 18 heavy (non-hydrogen) atoms. The number of hydrogen-bond donors (Lipinski definition) is 1. The van der Waals surface area contributed by atoms with E-state index < -0.39 is 6.10 Å². The largest absolute Gasteiger partial charge is 0.388 e. The lowest BCUT2D eigenvalue weighted by molar-refractivity contribution is -0.383. The summed E-state index contributed by atoms with van der Waals surface area (Å²) in [4.78, 5) is 13.2. The maximum absolute atomic E-state index is 11.1. The minimum atomic E-state index is -0.676. The van der Waals surface area contributed by atoms with Gasteiger partial charge in [-0.2, -0.15) is 0 Å². The highest BCUT2D eigenvalue weighted by Crippen LogP contribution is 2.40. The monoisotopic (exact) mass is 272 g/mol. The van der Waals surface area contributed by atoms with Gasteiger partial charge in [-0.25, -0.2) is 0 Å². The summed E-state index contributed by atoms with van der Waals surface area (Å²) in [6.07, 6.45) is -0.676. The van der Waals surface area contributed by atoms with Crippen molar-refractivity contribution in [2.45, 2.75) is 39.8 Å². The third-order valence-electron chi connectivity index (χ3n) is 3.22. The SMILES string of the molecule is CC(C)C(C)N(C)c1sc([C@H](C)O)cc1[N+](=O)[O-]. The van der Waals surface area contributed by atoms with Crippen molar-refractivity contribution in [3.8, 4) is 0 Å². The van der Waals surface area contributed by atoms with Crippen LogP contribution in [-0.2, 0) is 0 Å². The van der Waals surface area contributed by atoms with Gasteiger partial charge in [0.1, 0.15) is 0 Å². The second kappa shape index (κ2) is 5.67. The van der Waals surface area contributed by atoms with Crippen LogP contribution in [0.1, 0.15) is 38.7 Å². The lowest BCUT2D eigenvalue weighted by Crippen LogP contribution is -2.32. The fraction of sp³-hybridized carbons (Fsp3) is 0.667. The quantitative estimate of drug-likeness (QED) is 0.660. The van der Waals surface area contributed by atoms with Crippen LogP contribution < -0.4 is 4.90 Å². The average Bonchev–Trinajstić information content (AvgIpc) is 2.71. The summed E-state index contributed by atoms with van der Waals surface area (Å²) < 4.78 is 0. The molecule has 0 fully saturated rings. The summed E-state index contributed by atoms with van der Waals surface area (Å²) in [6, 6.07) is 1.66. The number of anilines is 1. The number of rotatable bonds is 5. The zero-order chi connectivity index (χ0) is 14.0. The summed E-state index contributed by atoms with van der Waals surface area (Å²) in [5.74, 6) is 0.395. The minimum absolute atomic E-state index is 0.0749. The fourth-order valence-electron chi connectivity index (χ4n) is 1.61. The number of aliphatic hydroxyl groups excluding tert-OH is 1. The molecule has 1 rings (SSSR count). The number of nitrogens with zero attached hydrogens (tertiary/aromatic N) is 2. The van der Waals surface area contributed by atoms with E-state index in [0.29, 0.717) is 15.8 Å². The van der Waals surface area contributed by atoms with Gasteiger partial charge in [0, 0.05) is 24.0 Å². The first kappa shape index (κ1) is 14.9. The van der Waals surface area contributed by atoms with Crippen LogP contribution >= 0.6 is 11.3 Å². The third-order valence-corrected chi connectivity index (χ3v) is 4.60. The summed E-state index contributed by atoms with van der Waals surface area (Å²) in [5.41, 5.74) is 0.0749. The molecule has 1 unspecified atom stereocenters. The molecule has 0 saturated heterocycles. The van der Waals surface area contributed by atoms with Crippen molar-refractivity contribution in [1.82, 2.24) is 0 Å². The first-order valence-corrected chi connectivity index (χ1v) is 6.76. The first-order chi connectivity index (χ1) is 8.25. The van der Waals surface area contributed by atoms with E-state index in [9.17, 15) is 15.2 Å². The lowest BCUT2D eigenvalue weighted by atomic mass is 10.1. The van der Waals surface area contributed by atoms with E-state index in [4.69, 9.17) is 0 Å². The van der Waals surface area contributed by atoms with E-state index in [1.165, 1.54) is 17.4 Å². The maximum Gasteiger partial charge on any atom is 0.304 e. The van der Waals surface area contributed by atoms with Gasteiger partial charge in [-0.15, -0.1) is 11.3 Å². The molecule has 0 aliphatic rings. The molecule has 6 heteroatoms. The molecule has 0 bridgehead atoms. The van der Waals surface area contributed by atoms with Crippen molar-refractivity contribution in [2.24, 2.45) is 5.92 Å². The molecule has 1 aromatic heterocycles. The standard InChI is InChI=1S/C12H20N2O3S/c1-7(2)8(3)13(5)12-10(14(16)17)6-11(18-12)9(4)15/h6-9,15H,1-5H3/t8?,9-/m0/s1. The molecule has 0 aromatic carbocycles. The van der Waals surface area contributed by atoms with Gasteiger partial charge in [0.2, 0.25) is 0 Å². The average molecular weight is 272 g/mol. The molecular weight excluding hydrogens is 252 g/mol. The van der Waals surface area contributed by atoms with Crippen molar-refractivity contribution >= 4 is 22.0 Å². The highest BCUT2D eigenvalue weighted by Gasteiger charge is 2.26. The van der Waals surface area contributed by atoms with Gasteiger partial charge in [-0.3, -0.25) is 10.1 Å². The first-order valence-electron chi connectivity index (χ1n) is 5.94. The Kier molecular flexibility index (Phi) is 4.70. The van der Waals surface area contributed by atoms with Crippen LogP contribution in [0.25, 0.3) is 0 Å². The number of hydrogen-bond acceptors (Lipinski definition) is 5. The minimum Gasteiger partial charge on any atom is -0.388 e. The maximum atomic E-state index is 11.1. The molecule has 1 N–H and O–H groups in total. The van der Waals surface area contributed by atoms with Gasteiger partial charge in [0.05, 0.1) is 11.0 Å². The molecular formula is C12H20N2O3S. The van der Waals surface area contributed by atoms with Crippen LogP contribution in [0, 0.1) is 16.0 Å². The van der Waals surface area contributed by atoms with Crippen LogP contribution in [0.15, 0.2) is 6.07 Å². The number of aliphatic hydroxyl groups is 1. The Bertz CT molecular complexity index is 429. The normalized spacial score (nSPS) is 14.6. The smallest absolute Gasteiger partial charge is 0.304 e. The van der Waals surface area contributed by atoms with Crippen molar-refractivity contribution in [2.75, 3.05) is 11.9 Å². The van der Waals surface area contributed by atoms with Crippen molar-refractivity contribution in [3.63, 3.8) is 0 Å². The second-order valence-electron chi connectivity index (χ2n) is 4.87. The predicted molar refractivity (Wildman–Crippen MR) is 74.3 cm³/mol. The third kappa shape index (κ3) is 3.00. The summed E-state index contributed by atoms with van der Waals surface area (Å²) >= 11 is 1.28. The second-order valence-corrected chi connectivity index (χ2v) is 5.93. The van der Waals surface area contributed by atoms with Gasteiger partial charge < -0.3 is 10.0 Å². The van der Waals surface area contributed by atoms with Gasteiger partial charge in [0.15, 0.2) is 5.00 Å².